The monoisotopic (exact) mass is 313 g/mol. The number of rotatable bonds is 4. The van der Waals surface area contributed by atoms with E-state index in [1.807, 2.05) is 19.1 Å². The van der Waals surface area contributed by atoms with Gasteiger partial charge in [0.1, 0.15) is 5.82 Å². The lowest BCUT2D eigenvalue weighted by Gasteiger charge is -2.11. The first-order valence-corrected chi connectivity index (χ1v) is 8.41. The van der Waals surface area contributed by atoms with Crippen molar-refractivity contribution in [2.24, 2.45) is 0 Å². The van der Waals surface area contributed by atoms with Crippen LogP contribution in [-0.2, 0) is 16.6 Å². The second-order valence-corrected chi connectivity index (χ2v) is 7.78. The Hall–Kier alpha value is -1.24. The third kappa shape index (κ3) is 3.26. The zero-order valence-corrected chi connectivity index (χ0v) is 13.2. The summed E-state index contributed by atoms with van der Waals surface area (Å²) in [5.74, 6) is -0.423. The van der Waals surface area contributed by atoms with E-state index < -0.39 is 15.8 Å². The van der Waals surface area contributed by atoms with Crippen molar-refractivity contribution in [2.45, 2.75) is 32.2 Å². The molecule has 0 radical (unpaired) electrons. The molecule has 108 valence electrons. The minimum absolute atomic E-state index is 0.159. The third-order valence-electron chi connectivity index (χ3n) is 2.93. The molecule has 0 amide bonds. The van der Waals surface area contributed by atoms with Crippen molar-refractivity contribution in [1.29, 1.82) is 0 Å². The SMILES string of the molecule is Cc1ccc(CNS(=O)(=O)c2c(C)cc(F)cc2C)s1. The van der Waals surface area contributed by atoms with Crippen LogP contribution in [0.5, 0.6) is 0 Å². The second kappa shape index (κ2) is 5.63. The van der Waals surface area contributed by atoms with Crippen LogP contribution in [0.25, 0.3) is 0 Å². The zero-order chi connectivity index (χ0) is 14.9. The highest BCUT2D eigenvalue weighted by molar-refractivity contribution is 7.89. The Morgan fingerprint density at radius 2 is 1.75 bits per heavy atom. The number of aryl methyl sites for hydroxylation is 3. The van der Waals surface area contributed by atoms with Crippen LogP contribution in [0.3, 0.4) is 0 Å². The average molecular weight is 313 g/mol. The van der Waals surface area contributed by atoms with Crippen molar-refractivity contribution in [3.05, 3.63) is 51.0 Å². The fourth-order valence-electron chi connectivity index (χ4n) is 2.14. The normalized spacial score (nSPS) is 11.8. The summed E-state index contributed by atoms with van der Waals surface area (Å²) in [6.07, 6.45) is 0. The van der Waals surface area contributed by atoms with Gasteiger partial charge in [0.05, 0.1) is 4.90 Å². The molecule has 1 aromatic carbocycles. The first-order valence-electron chi connectivity index (χ1n) is 6.11. The van der Waals surface area contributed by atoms with Crippen molar-refractivity contribution < 1.29 is 12.8 Å². The van der Waals surface area contributed by atoms with E-state index in [0.717, 1.165) is 9.75 Å². The maximum absolute atomic E-state index is 13.2. The maximum atomic E-state index is 13.2. The summed E-state index contributed by atoms with van der Waals surface area (Å²) < 4.78 is 40.5. The highest BCUT2D eigenvalue weighted by atomic mass is 32.2. The molecule has 0 unspecified atom stereocenters. The van der Waals surface area contributed by atoms with Gasteiger partial charge in [-0.2, -0.15) is 0 Å². The van der Waals surface area contributed by atoms with Crippen molar-refractivity contribution >= 4 is 21.4 Å². The smallest absolute Gasteiger partial charge is 0.207 e. The summed E-state index contributed by atoms with van der Waals surface area (Å²) in [6, 6.07) is 6.31. The van der Waals surface area contributed by atoms with E-state index in [4.69, 9.17) is 0 Å². The number of hydrogen-bond donors (Lipinski definition) is 1. The molecule has 1 heterocycles. The van der Waals surface area contributed by atoms with Gasteiger partial charge in [0, 0.05) is 16.3 Å². The molecule has 3 nitrogen and oxygen atoms in total. The van der Waals surface area contributed by atoms with E-state index in [9.17, 15) is 12.8 Å². The highest BCUT2D eigenvalue weighted by Gasteiger charge is 2.20. The molecule has 1 N–H and O–H groups in total. The molecule has 0 saturated heterocycles. The molecule has 0 aliphatic rings. The summed E-state index contributed by atoms with van der Waals surface area (Å²) in [5.41, 5.74) is 0.828. The van der Waals surface area contributed by atoms with E-state index in [1.54, 1.807) is 25.2 Å². The maximum Gasteiger partial charge on any atom is 0.241 e. The largest absolute Gasteiger partial charge is 0.241 e. The number of sulfonamides is 1. The Balaban J connectivity index is 2.27. The van der Waals surface area contributed by atoms with Gasteiger partial charge in [0.25, 0.3) is 0 Å². The van der Waals surface area contributed by atoms with E-state index in [0.29, 0.717) is 11.1 Å². The standard InChI is InChI=1S/C14H16FNO2S2/c1-9-6-12(15)7-10(2)14(9)20(17,18)16-8-13-5-4-11(3)19-13/h4-7,16H,8H2,1-3H3. The zero-order valence-electron chi connectivity index (χ0n) is 11.5. The predicted molar refractivity (Wildman–Crippen MR) is 79.0 cm³/mol. The van der Waals surface area contributed by atoms with E-state index in [-0.39, 0.29) is 11.4 Å². The van der Waals surface area contributed by atoms with Crippen molar-refractivity contribution in [3.8, 4) is 0 Å². The first kappa shape index (κ1) is 15.2. The Morgan fingerprint density at radius 1 is 1.15 bits per heavy atom. The van der Waals surface area contributed by atoms with Crippen molar-refractivity contribution in [1.82, 2.24) is 4.72 Å². The molecule has 1 aromatic heterocycles. The molecule has 0 bridgehead atoms. The second-order valence-electron chi connectivity index (χ2n) is 4.71. The van der Waals surface area contributed by atoms with E-state index in [2.05, 4.69) is 4.72 Å². The molecule has 0 aliphatic carbocycles. The van der Waals surface area contributed by atoms with Gasteiger partial charge in [-0.05, 0) is 56.2 Å². The minimum atomic E-state index is -3.64. The quantitative estimate of drug-likeness (QED) is 0.941. The van der Waals surface area contributed by atoms with Crippen molar-refractivity contribution in [2.75, 3.05) is 0 Å². The van der Waals surface area contributed by atoms with E-state index in [1.165, 1.54) is 12.1 Å². The number of hydrogen-bond acceptors (Lipinski definition) is 3. The summed E-state index contributed by atoms with van der Waals surface area (Å²) in [4.78, 5) is 2.24. The van der Waals surface area contributed by atoms with Crippen LogP contribution in [-0.4, -0.2) is 8.42 Å². The molecular formula is C14H16FNO2S2. The minimum Gasteiger partial charge on any atom is -0.207 e. The Kier molecular flexibility index (Phi) is 4.27. The predicted octanol–water partition coefficient (Wildman–Crippen LogP) is 3.29. The van der Waals surface area contributed by atoms with Crippen LogP contribution in [0, 0.1) is 26.6 Å². The van der Waals surface area contributed by atoms with Gasteiger partial charge < -0.3 is 0 Å². The molecule has 0 saturated carbocycles. The summed E-state index contributed by atoms with van der Waals surface area (Å²) >= 11 is 1.55. The van der Waals surface area contributed by atoms with Crippen LogP contribution in [0.2, 0.25) is 0 Å². The van der Waals surface area contributed by atoms with Crippen LogP contribution in [0.15, 0.2) is 29.2 Å². The number of nitrogens with one attached hydrogen (secondary N) is 1. The molecule has 0 spiro atoms. The molecule has 2 aromatic rings. The fourth-order valence-corrected chi connectivity index (χ4v) is 4.52. The van der Waals surface area contributed by atoms with E-state index >= 15 is 0 Å². The third-order valence-corrected chi connectivity index (χ3v) is 5.63. The lowest BCUT2D eigenvalue weighted by molar-refractivity contribution is 0.579. The van der Waals surface area contributed by atoms with Gasteiger partial charge in [0.2, 0.25) is 10.0 Å². The van der Waals surface area contributed by atoms with Gasteiger partial charge >= 0.3 is 0 Å². The number of benzene rings is 1. The number of halogens is 1. The fraction of sp³-hybridized carbons (Fsp3) is 0.286. The van der Waals surface area contributed by atoms with Gasteiger partial charge in [-0.25, -0.2) is 17.5 Å². The van der Waals surface area contributed by atoms with Gasteiger partial charge in [-0.15, -0.1) is 11.3 Å². The topological polar surface area (TPSA) is 46.2 Å². The Labute approximate surface area is 122 Å². The molecule has 20 heavy (non-hydrogen) atoms. The van der Waals surface area contributed by atoms with Gasteiger partial charge in [-0.3, -0.25) is 0 Å². The average Bonchev–Trinajstić information content (AvgIpc) is 2.71. The lowest BCUT2D eigenvalue weighted by atomic mass is 10.1. The van der Waals surface area contributed by atoms with Gasteiger partial charge in [-0.1, -0.05) is 0 Å². The molecule has 6 heteroatoms. The van der Waals surface area contributed by atoms with Crippen LogP contribution < -0.4 is 4.72 Å². The highest BCUT2D eigenvalue weighted by Crippen LogP contribution is 2.22. The molecule has 0 aliphatic heterocycles. The first-order chi connectivity index (χ1) is 9.29. The van der Waals surface area contributed by atoms with Gasteiger partial charge in [0.15, 0.2) is 0 Å². The summed E-state index contributed by atoms with van der Waals surface area (Å²) in [5, 5.41) is 0. The molecule has 2 rings (SSSR count). The van der Waals surface area contributed by atoms with Crippen LogP contribution in [0.1, 0.15) is 20.9 Å². The summed E-state index contributed by atoms with van der Waals surface area (Å²) in [6.45, 7) is 5.41. The molecular weight excluding hydrogens is 297 g/mol. The van der Waals surface area contributed by atoms with Crippen molar-refractivity contribution in [3.63, 3.8) is 0 Å². The molecule has 0 fully saturated rings. The molecule has 0 atom stereocenters. The number of thiophene rings is 1. The Bertz CT molecular complexity index is 712. The lowest BCUT2D eigenvalue weighted by Crippen LogP contribution is -2.24. The van der Waals surface area contributed by atoms with Crippen LogP contribution >= 0.6 is 11.3 Å². The van der Waals surface area contributed by atoms with Crippen LogP contribution in [0.4, 0.5) is 4.39 Å². The summed E-state index contributed by atoms with van der Waals surface area (Å²) in [7, 11) is -3.64. The Morgan fingerprint density at radius 3 is 2.25 bits per heavy atom.